The van der Waals surface area contributed by atoms with Crippen LogP contribution in [0.1, 0.15) is 24.0 Å². The topological polar surface area (TPSA) is 47.7 Å². The van der Waals surface area contributed by atoms with E-state index in [4.69, 9.17) is 15.2 Å². The predicted molar refractivity (Wildman–Crippen MR) is 81.1 cm³/mol. The first-order valence-corrected chi connectivity index (χ1v) is 7.49. The molecule has 1 aromatic carbocycles. The Kier molecular flexibility index (Phi) is 6.30. The fourth-order valence-corrected chi connectivity index (χ4v) is 2.58. The second-order valence-electron chi connectivity index (χ2n) is 5.28. The molecule has 0 saturated carbocycles. The van der Waals surface area contributed by atoms with Crippen molar-refractivity contribution in [1.29, 1.82) is 0 Å². The number of benzene rings is 1. The van der Waals surface area contributed by atoms with E-state index in [2.05, 4.69) is 23.1 Å². The second-order valence-corrected chi connectivity index (χ2v) is 5.28. The number of methoxy groups -OCH3 is 1. The summed E-state index contributed by atoms with van der Waals surface area (Å²) >= 11 is 0. The molecule has 4 nitrogen and oxygen atoms in total. The largest absolute Gasteiger partial charge is 0.496 e. The Labute approximate surface area is 121 Å². The minimum Gasteiger partial charge on any atom is -0.496 e. The van der Waals surface area contributed by atoms with Crippen molar-refractivity contribution in [3.8, 4) is 5.75 Å². The lowest BCUT2D eigenvalue weighted by Crippen LogP contribution is -2.35. The van der Waals surface area contributed by atoms with Crippen molar-refractivity contribution in [3.05, 3.63) is 29.3 Å². The molecule has 1 aromatic rings. The van der Waals surface area contributed by atoms with Crippen LogP contribution in [-0.2, 0) is 17.7 Å². The van der Waals surface area contributed by atoms with E-state index in [9.17, 15) is 0 Å². The first-order chi connectivity index (χ1) is 9.83. The van der Waals surface area contributed by atoms with Gasteiger partial charge in [0.1, 0.15) is 5.75 Å². The van der Waals surface area contributed by atoms with Crippen molar-refractivity contribution in [2.45, 2.75) is 25.8 Å². The molecule has 1 fully saturated rings. The molecule has 1 heterocycles. The minimum atomic E-state index is 0.775. The van der Waals surface area contributed by atoms with Crippen molar-refractivity contribution in [2.75, 3.05) is 40.0 Å². The molecular formula is C16H26N2O2. The van der Waals surface area contributed by atoms with Gasteiger partial charge in [-0.15, -0.1) is 0 Å². The highest BCUT2D eigenvalue weighted by atomic mass is 16.5. The fraction of sp³-hybridized carbons (Fsp3) is 0.625. The Morgan fingerprint density at radius 3 is 2.75 bits per heavy atom. The highest BCUT2D eigenvalue weighted by Gasteiger charge is 2.13. The van der Waals surface area contributed by atoms with Crippen LogP contribution in [0.5, 0.6) is 5.75 Å². The van der Waals surface area contributed by atoms with Crippen molar-refractivity contribution in [1.82, 2.24) is 4.90 Å². The van der Waals surface area contributed by atoms with Crippen LogP contribution in [-0.4, -0.2) is 44.9 Å². The van der Waals surface area contributed by atoms with Crippen LogP contribution in [0, 0.1) is 0 Å². The predicted octanol–water partition coefficient (Wildman–Crippen LogP) is 1.81. The normalized spacial score (nSPS) is 16.3. The lowest BCUT2D eigenvalue weighted by atomic mass is 10.0. The molecule has 112 valence electrons. The van der Waals surface area contributed by atoms with Gasteiger partial charge in [0.05, 0.1) is 20.3 Å². The Balaban J connectivity index is 2.01. The summed E-state index contributed by atoms with van der Waals surface area (Å²) in [4.78, 5) is 2.42. The van der Waals surface area contributed by atoms with E-state index in [0.717, 1.165) is 64.4 Å². The minimum absolute atomic E-state index is 0.775. The van der Waals surface area contributed by atoms with Gasteiger partial charge in [-0.3, -0.25) is 4.90 Å². The van der Waals surface area contributed by atoms with E-state index < -0.39 is 0 Å². The maximum atomic E-state index is 5.55. The molecule has 1 aliphatic heterocycles. The number of hydrogen-bond donors (Lipinski definition) is 1. The van der Waals surface area contributed by atoms with E-state index in [1.165, 1.54) is 11.1 Å². The average molecular weight is 278 g/mol. The highest BCUT2D eigenvalue weighted by molar-refractivity contribution is 5.37. The van der Waals surface area contributed by atoms with Crippen LogP contribution < -0.4 is 10.5 Å². The molecule has 0 aromatic heterocycles. The highest BCUT2D eigenvalue weighted by Crippen LogP contribution is 2.23. The summed E-state index contributed by atoms with van der Waals surface area (Å²) in [6.45, 7) is 5.38. The number of nitrogens with two attached hydrogens (primary N) is 1. The molecule has 0 bridgehead atoms. The van der Waals surface area contributed by atoms with E-state index >= 15 is 0 Å². The van der Waals surface area contributed by atoms with Crippen LogP contribution >= 0.6 is 0 Å². The summed E-state index contributed by atoms with van der Waals surface area (Å²) in [7, 11) is 1.74. The lowest BCUT2D eigenvalue weighted by molar-refractivity contribution is 0.0339. The number of hydrogen-bond acceptors (Lipinski definition) is 4. The van der Waals surface area contributed by atoms with Crippen molar-refractivity contribution < 1.29 is 9.47 Å². The van der Waals surface area contributed by atoms with Crippen molar-refractivity contribution in [3.63, 3.8) is 0 Å². The van der Waals surface area contributed by atoms with Gasteiger partial charge in [-0.1, -0.05) is 12.1 Å². The van der Waals surface area contributed by atoms with E-state index in [1.54, 1.807) is 7.11 Å². The molecule has 0 aliphatic carbocycles. The molecule has 2 rings (SSSR count). The Hall–Kier alpha value is -1.10. The number of unbranched alkanes of at least 4 members (excludes halogenated alkanes) is 1. The van der Waals surface area contributed by atoms with Gasteiger partial charge in [0.2, 0.25) is 0 Å². The number of aryl methyl sites for hydroxylation is 1. The quantitative estimate of drug-likeness (QED) is 0.773. The van der Waals surface area contributed by atoms with E-state index in [0.29, 0.717) is 0 Å². The fourth-order valence-electron chi connectivity index (χ4n) is 2.58. The summed E-state index contributed by atoms with van der Waals surface area (Å²) in [5.41, 5.74) is 8.21. The smallest absolute Gasteiger partial charge is 0.123 e. The summed E-state index contributed by atoms with van der Waals surface area (Å²) in [6.07, 6.45) is 3.34. The van der Waals surface area contributed by atoms with Gasteiger partial charge in [0.25, 0.3) is 0 Å². The molecule has 0 unspecified atom stereocenters. The van der Waals surface area contributed by atoms with Gasteiger partial charge < -0.3 is 15.2 Å². The van der Waals surface area contributed by atoms with Crippen LogP contribution in [0.2, 0.25) is 0 Å². The van der Waals surface area contributed by atoms with Crippen molar-refractivity contribution in [2.24, 2.45) is 5.73 Å². The first-order valence-electron chi connectivity index (χ1n) is 7.49. The lowest BCUT2D eigenvalue weighted by Gasteiger charge is -2.27. The third kappa shape index (κ3) is 4.47. The summed E-state index contributed by atoms with van der Waals surface area (Å²) in [6, 6.07) is 6.54. The molecule has 0 radical (unpaired) electrons. The molecule has 0 spiro atoms. The first kappa shape index (κ1) is 15.3. The number of ether oxygens (including phenoxy) is 2. The van der Waals surface area contributed by atoms with Crippen molar-refractivity contribution >= 4 is 0 Å². The van der Waals surface area contributed by atoms with Crippen LogP contribution in [0.4, 0.5) is 0 Å². The third-order valence-electron chi connectivity index (χ3n) is 3.76. The summed E-state index contributed by atoms with van der Waals surface area (Å²) < 4.78 is 10.9. The van der Waals surface area contributed by atoms with Gasteiger partial charge >= 0.3 is 0 Å². The SMILES string of the molecule is COc1ccc(CCCCN)cc1CN1CCOCC1. The van der Waals surface area contributed by atoms with Gasteiger partial charge in [-0.05, 0) is 37.4 Å². The maximum absolute atomic E-state index is 5.55. The van der Waals surface area contributed by atoms with Crippen LogP contribution in [0.3, 0.4) is 0 Å². The Morgan fingerprint density at radius 1 is 1.25 bits per heavy atom. The number of nitrogens with zero attached hydrogens (tertiary/aromatic N) is 1. The summed E-state index contributed by atoms with van der Waals surface area (Å²) in [5, 5.41) is 0. The molecule has 1 aliphatic rings. The zero-order valence-electron chi connectivity index (χ0n) is 12.4. The third-order valence-corrected chi connectivity index (χ3v) is 3.76. The van der Waals surface area contributed by atoms with E-state index in [-0.39, 0.29) is 0 Å². The molecule has 4 heteroatoms. The molecular weight excluding hydrogens is 252 g/mol. The molecule has 0 amide bonds. The van der Waals surface area contributed by atoms with Gasteiger partial charge in [-0.25, -0.2) is 0 Å². The average Bonchev–Trinajstić information content (AvgIpc) is 2.49. The maximum Gasteiger partial charge on any atom is 0.123 e. The van der Waals surface area contributed by atoms with Gasteiger partial charge in [0, 0.05) is 25.2 Å². The molecule has 20 heavy (non-hydrogen) atoms. The zero-order valence-corrected chi connectivity index (χ0v) is 12.4. The molecule has 1 saturated heterocycles. The standard InChI is InChI=1S/C16H26N2O2/c1-19-16-6-5-14(4-2-3-7-17)12-15(16)13-18-8-10-20-11-9-18/h5-6,12H,2-4,7-11,13,17H2,1H3. The molecule has 2 N–H and O–H groups in total. The van der Waals surface area contributed by atoms with Crippen LogP contribution in [0.25, 0.3) is 0 Å². The van der Waals surface area contributed by atoms with Crippen LogP contribution in [0.15, 0.2) is 18.2 Å². The second kappa shape index (κ2) is 8.25. The summed E-state index contributed by atoms with van der Waals surface area (Å²) in [5.74, 6) is 0.985. The Bertz CT molecular complexity index is 403. The Morgan fingerprint density at radius 2 is 2.05 bits per heavy atom. The number of morpholine rings is 1. The molecule has 0 atom stereocenters. The number of rotatable bonds is 7. The van der Waals surface area contributed by atoms with Gasteiger partial charge in [0.15, 0.2) is 0 Å². The van der Waals surface area contributed by atoms with E-state index in [1.807, 2.05) is 0 Å². The zero-order chi connectivity index (χ0) is 14.2. The van der Waals surface area contributed by atoms with Gasteiger partial charge in [-0.2, -0.15) is 0 Å². The monoisotopic (exact) mass is 278 g/mol.